The second-order valence-corrected chi connectivity index (χ2v) is 5.53. The summed E-state index contributed by atoms with van der Waals surface area (Å²) in [5.41, 5.74) is 7.80. The number of fused-ring (bicyclic) bond motifs is 1. The molecule has 0 aliphatic carbocycles. The van der Waals surface area contributed by atoms with Crippen LogP contribution in [0.15, 0.2) is 30.3 Å². The van der Waals surface area contributed by atoms with Crippen LogP contribution in [0.5, 0.6) is 0 Å². The van der Waals surface area contributed by atoms with Gasteiger partial charge in [0.05, 0.1) is 16.1 Å². The quantitative estimate of drug-likeness (QED) is 0.636. The molecule has 110 valence electrons. The van der Waals surface area contributed by atoms with Crippen molar-refractivity contribution in [2.75, 3.05) is 6.54 Å². The Morgan fingerprint density at radius 2 is 2.10 bits per heavy atom. The molecule has 0 atom stereocenters. The van der Waals surface area contributed by atoms with Crippen molar-refractivity contribution in [3.63, 3.8) is 0 Å². The number of amides is 1. The highest BCUT2D eigenvalue weighted by atomic mass is 32.1. The minimum Gasteiger partial charge on any atom is -0.393 e. The largest absolute Gasteiger partial charge is 0.393 e. The molecular weight excluding hydrogens is 282 g/mol. The summed E-state index contributed by atoms with van der Waals surface area (Å²) in [6, 6.07) is 9.50. The number of thiocarbonyl (C=S) groups is 1. The van der Waals surface area contributed by atoms with Gasteiger partial charge in [0.1, 0.15) is 0 Å². The van der Waals surface area contributed by atoms with Crippen LogP contribution in [0.4, 0.5) is 0 Å². The Morgan fingerprint density at radius 1 is 1.33 bits per heavy atom. The number of hydrogen-bond donors (Lipinski definition) is 2. The van der Waals surface area contributed by atoms with E-state index in [4.69, 9.17) is 18.0 Å². The van der Waals surface area contributed by atoms with Crippen molar-refractivity contribution in [1.29, 1.82) is 0 Å². The van der Waals surface area contributed by atoms with Crippen LogP contribution in [-0.4, -0.2) is 22.4 Å². The van der Waals surface area contributed by atoms with Crippen LogP contribution in [0, 0.1) is 6.92 Å². The van der Waals surface area contributed by atoms with Gasteiger partial charge in [-0.2, -0.15) is 0 Å². The second kappa shape index (κ2) is 7.13. The van der Waals surface area contributed by atoms with Gasteiger partial charge in [-0.15, -0.1) is 0 Å². The molecule has 0 radical (unpaired) electrons. The first kappa shape index (κ1) is 15.4. The second-order valence-electron chi connectivity index (χ2n) is 5.01. The Hall–Kier alpha value is -2.01. The first-order valence-corrected chi connectivity index (χ1v) is 7.41. The summed E-state index contributed by atoms with van der Waals surface area (Å²) in [6.07, 6.45) is 2.49. The minimum atomic E-state index is -0.0629. The van der Waals surface area contributed by atoms with Gasteiger partial charge in [0.2, 0.25) is 0 Å². The number of carbonyl (C=O) groups excluding carboxylic acids is 1. The van der Waals surface area contributed by atoms with Gasteiger partial charge in [-0.25, -0.2) is 0 Å². The van der Waals surface area contributed by atoms with Crippen LogP contribution < -0.4 is 11.1 Å². The van der Waals surface area contributed by atoms with Gasteiger partial charge < -0.3 is 11.1 Å². The highest BCUT2D eigenvalue weighted by molar-refractivity contribution is 7.80. The Balaban J connectivity index is 2.04. The normalized spacial score (nSPS) is 10.5. The van der Waals surface area contributed by atoms with Crippen molar-refractivity contribution in [3.8, 4) is 0 Å². The van der Waals surface area contributed by atoms with E-state index in [0.717, 1.165) is 35.9 Å². The third kappa shape index (κ3) is 4.23. The monoisotopic (exact) mass is 301 g/mol. The molecule has 0 spiro atoms. The third-order valence-electron chi connectivity index (χ3n) is 3.22. The van der Waals surface area contributed by atoms with E-state index >= 15 is 0 Å². The Bertz CT molecular complexity index is 670. The molecule has 1 amide bonds. The van der Waals surface area contributed by atoms with E-state index in [9.17, 15) is 4.79 Å². The third-order valence-corrected chi connectivity index (χ3v) is 3.43. The van der Waals surface area contributed by atoms with Crippen LogP contribution in [0.3, 0.4) is 0 Å². The van der Waals surface area contributed by atoms with Gasteiger partial charge in [0.25, 0.3) is 5.91 Å². The zero-order chi connectivity index (χ0) is 15.2. The molecular formula is C16H19N3OS. The number of nitrogens with two attached hydrogens (primary N) is 1. The van der Waals surface area contributed by atoms with E-state index in [0.29, 0.717) is 17.1 Å². The lowest BCUT2D eigenvalue weighted by Crippen LogP contribution is -2.25. The van der Waals surface area contributed by atoms with Gasteiger partial charge >= 0.3 is 0 Å². The van der Waals surface area contributed by atoms with Crippen LogP contribution in [0.25, 0.3) is 10.9 Å². The molecule has 2 aromatic rings. The molecule has 1 aromatic carbocycles. The number of benzene rings is 1. The number of para-hydroxylation sites is 1. The Kier molecular flexibility index (Phi) is 5.22. The molecule has 5 heteroatoms. The average Bonchev–Trinajstić information content (AvgIpc) is 2.45. The Morgan fingerprint density at radius 3 is 2.86 bits per heavy atom. The lowest BCUT2D eigenvalue weighted by molar-refractivity contribution is 0.0954. The van der Waals surface area contributed by atoms with Crippen LogP contribution in [-0.2, 0) is 0 Å². The van der Waals surface area contributed by atoms with Gasteiger partial charge in [0, 0.05) is 17.6 Å². The fourth-order valence-corrected chi connectivity index (χ4v) is 2.36. The summed E-state index contributed by atoms with van der Waals surface area (Å²) >= 11 is 4.82. The molecule has 0 fully saturated rings. The summed E-state index contributed by atoms with van der Waals surface area (Å²) < 4.78 is 0. The molecule has 1 aromatic heterocycles. The molecule has 0 aliphatic rings. The summed E-state index contributed by atoms with van der Waals surface area (Å²) in [6.45, 7) is 2.52. The van der Waals surface area contributed by atoms with Gasteiger partial charge in [-0.1, -0.05) is 30.4 Å². The molecule has 0 saturated carbocycles. The topological polar surface area (TPSA) is 68.0 Å². The van der Waals surface area contributed by atoms with Gasteiger partial charge in [-0.3, -0.25) is 9.78 Å². The highest BCUT2D eigenvalue weighted by Crippen LogP contribution is 2.18. The molecule has 2 rings (SSSR count). The van der Waals surface area contributed by atoms with Gasteiger partial charge in [-0.05, 0) is 38.3 Å². The molecule has 3 N–H and O–H groups in total. The smallest absolute Gasteiger partial charge is 0.252 e. The number of nitrogens with one attached hydrogen (secondary N) is 1. The van der Waals surface area contributed by atoms with E-state index in [-0.39, 0.29) is 5.91 Å². The number of hydrogen-bond acceptors (Lipinski definition) is 3. The SMILES string of the molecule is Cc1cc(C(=O)NCCCCC(N)=S)c2ccccc2n1. The summed E-state index contributed by atoms with van der Waals surface area (Å²) in [7, 11) is 0. The molecule has 1 heterocycles. The van der Waals surface area contributed by atoms with Crippen molar-refractivity contribution >= 4 is 34.0 Å². The fourth-order valence-electron chi connectivity index (χ4n) is 2.22. The van der Waals surface area contributed by atoms with E-state index in [1.165, 1.54) is 0 Å². The zero-order valence-corrected chi connectivity index (χ0v) is 12.9. The number of aromatic nitrogens is 1. The lowest BCUT2D eigenvalue weighted by atomic mass is 10.1. The molecule has 21 heavy (non-hydrogen) atoms. The number of rotatable bonds is 6. The number of aryl methyl sites for hydroxylation is 1. The van der Waals surface area contributed by atoms with Crippen LogP contribution in [0.2, 0.25) is 0 Å². The summed E-state index contributed by atoms with van der Waals surface area (Å²) in [5.74, 6) is -0.0629. The minimum absolute atomic E-state index is 0.0629. The summed E-state index contributed by atoms with van der Waals surface area (Å²) in [5, 5.41) is 3.82. The standard InChI is InChI=1S/C16H19N3OS/c1-11-10-13(12-6-2-3-7-14(12)19-11)16(20)18-9-5-4-8-15(17)21/h2-3,6-7,10H,4-5,8-9H2,1H3,(H2,17,21)(H,18,20). The van der Waals surface area contributed by atoms with Crippen molar-refractivity contribution in [1.82, 2.24) is 10.3 Å². The van der Waals surface area contributed by atoms with E-state index in [1.54, 1.807) is 0 Å². The summed E-state index contributed by atoms with van der Waals surface area (Å²) in [4.78, 5) is 17.3. The fraction of sp³-hybridized carbons (Fsp3) is 0.312. The molecule has 0 aliphatic heterocycles. The molecule has 4 nitrogen and oxygen atoms in total. The molecule has 0 bridgehead atoms. The number of nitrogens with zero attached hydrogens (tertiary/aromatic N) is 1. The lowest BCUT2D eigenvalue weighted by Gasteiger charge is -2.09. The zero-order valence-electron chi connectivity index (χ0n) is 12.1. The van der Waals surface area contributed by atoms with Crippen LogP contribution >= 0.6 is 12.2 Å². The molecule has 0 unspecified atom stereocenters. The maximum atomic E-state index is 12.3. The first-order chi connectivity index (χ1) is 10.1. The Labute approximate surface area is 129 Å². The predicted molar refractivity (Wildman–Crippen MR) is 89.4 cm³/mol. The maximum absolute atomic E-state index is 12.3. The van der Waals surface area contributed by atoms with Gasteiger partial charge in [0.15, 0.2) is 0 Å². The van der Waals surface area contributed by atoms with E-state index in [2.05, 4.69) is 10.3 Å². The van der Waals surface area contributed by atoms with Crippen molar-refractivity contribution in [3.05, 3.63) is 41.6 Å². The molecule has 0 saturated heterocycles. The predicted octanol–water partition coefficient (Wildman–Crippen LogP) is 2.73. The van der Waals surface area contributed by atoms with E-state index in [1.807, 2.05) is 37.3 Å². The van der Waals surface area contributed by atoms with E-state index < -0.39 is 0 Å². The number of unbranched alkanes of at least 4 members (excludes halogenated alkanes) is 1. The van der Waals surface area contributed by atoms with Crippen molar-refractivity contribution < 1.29 is 4.79 Å². The highest BCUT2D eigenvalue weighted by Gasteiger charge is 2.11. The number of pyridine rings is 1. The maximum Gasteiger partial charge on any atom is 0.252 e. The van der Waals surface area contributed by atoms with Crippen LogP contribution in [0.1, 0.15) is 35.3 Å². The number of carbonyl (C=O) groups is 1. The van der Waals surface area contributed by atoms with Crippen molar-refractivity contribution in [2.24, 2.45) is 5.73 Å². The average molecular weight is 301 g/mol. The first-order valence-electron chi connectivity index (χ1n) is 7.01. The van der Waals surface area contributed by atoms with Crippen molar-refractivity contribution in [2.45, 2.75) is 26.2 Å².